The fraction of sp³-hybridized carbons (Fsp3) is 0.0526. The van der Waals surface area contributed by atoms with Gasteiger partial charge in [0.2, 0.25) is 6.79 Å². The summed E-state index contributed by atoms with van der Waals surface area (Å²) in [6.07, 6.45) is 0. The second-order valence-corrected chi connectivity index (χ2v) is 6.79. The molecule has 0 unspecified atom stereocenters. The summed E-state index contributed by atoms with van der Waals surface area (Å²) in [5.41, 5.74) is 1.13. The number of ether oxygens (including phenoxy) is 2. The fourth-order valence-corrected chi connectivity index (χ4v) is 3.70. The Morgan fingerprint density at radius 2 is 1.75 bits per heavy atom. The molecule has 0 saturated heterocycles. The first-order valence-electron chi connectivity index (χ1n) is 8.17. The first-order valence-corrected chi connectivity index (χ1v) is 9.05. The number of rotatable bonds is 3. The molecule has 0 radical (unpaired) electrons. The molecule has 0 atom stereocenters. The van der Waals surface area contributed by atoms with E-state index >= 15 is 0 Å². The maximum Gasteiger partial charge on any atom is 0.383 e. The van der Waals surface area contributed by atoms with Gasteiger partial charge in [-0.2, -0.15) is 0 Å². The molecule has 0 N–H and O–H groups in total. The largest absolute Gasteiger partial charge is 0.454 e. The monoisotopic (exact) mass is 394 g/mol. The molecular formula is C19H10N2O6S. The van der Waals surface area contributed by atoms with Gasteiger partial charge in [-0.3, -0.25) is 9.59 Å². The average Bonchev–Trinajstić information content (AvgIpc) is 3.43. The SMILES string of the molecule is O=C(ON1C(=O)c2ccccc2C1=O)c1csc(-c2ccc3c(c2)OCO3)n1. The van der Waals surface area contributed by atoms with Crippen molar-refractivity contribution in [3.63, 3.8) is 0 Å². The van der Waals surface area contributed by atoms with E-state index in [9.17, 15) is 14.4 Å². The molecule has 5 rings (SSSR count). The zero-order chi connectivity index (χ0) is 19.3. The Balaban J connectivity index is 1.36. The predicted octanol–water partition coefficient (Wildman–Crippen LogP) is 2.91. The number of carbonyl (C=O) groups excluding carboxylic acids is 3. The Hall–Kier alpha value is -3.72. The molecule has 3 aromatic rings. The molecule has 0 saturated carbocycles. The number of benzene rings is 2. The van der Waals surface area contributed by atoms with Crippen LogP contribution in [0.4, 0.5) is 0 Å². The lowest BCUT2D eigenvalue weighted by Crippen LogP contribution is -2.32. The van der Waals surface area contributed by atoms with E-state index in [2.05, 4.69) is 4.98 Å². The number of carbonyl (C=O) groups is 3. The Labute approximate surface area is 161 Å². The predicted molar refractivity (Wildman–Crippen MR) is 96.0 cm³/mol. The molecule has 138 valence electrons. The van der Waals surface area contributed by atoms with Crippen LogP contribution in [0, 0.1) is 0 Å². The highest BCUT2D eigenvalue weighted by Crippen LogP contribution is 2.36. The van der Waals surface area contributed by atoms with Crippen LogP contribution in [-0.2, 0) is 4.84 Å². The molecule has 0 aliphatic carbocycles. The van der Waals surface area contributed by atoms with E-state index in [0.717, 1.165) is 5.56 Å². The Morgan fingerprint density at radius 1 is 1.04 bits per heavy atom. The molecular weight excluding hydrogens is 384 g/mol. The quantitative estimate of drug-likeness (QED) is 0.630. The lowest BCUT2D eigenvalue weighted by Gasteiger charge is -2.11. The van der Waals surface area contributed by atoms with Crippen molar-refractivity contribution in [3.8, 4) is 22.1 Å². The van der Waals surface area contributed by atoms with Crippen molar-refractivity contribution in [2.45, 2.75) is 0 Å². The molecule has 0 spiro atoms. The zero-order valence-corrected chi connectivity index (χ0v) is 14.9. The molecule has 9 heteroatoms. The van der Waals surface area contributed by atoms with Gasteiger partial charge >= 0.3 is 5.97 Å². The Kier molecular flexibility index (Phi) is 3.63. The van der Waals surface area contributed by atoms with Gasteiger partial charge in [0.05, 0.1) is 11.1 Å². The van der Waals surface area contributed by atoms with Gasteiger partial charge in [-0.05, 0) is 30.3 Å². The first kappa shape index (κ1) is 16.5. The van der Waals surface area contributed by atoms with Crippen molar-refractivity contribution in [1.82, 2.24) is 10.0 Å². The van der Waals surface area contributed by atoms with E-state index in [-0.39, 0.29) is 23.6 Å². The highest BCUT2D eigenvalue weighted by Gasteiger charge is 2.39. The summed E-state index contributed by atoms with van der Waals surface area (Å²) in [7, 11) is 0. The van der Waals surface area contributed by atoms with Gasteiger partial charge in [0.15, 0.2) is 17.2 Å². The summed E-state index contributed by atoms with van der Waals surface area (Å²) in [6, 6.07) is 11.6. The molecule has 2 aliphatic rings. The van der Waals surface area contributed by atoms with Crippen LogP contribution in [0.15, 0.2) is 47.8 Å². The van der Waals surface area contributed by atoms with E-state index in [4.69, 9.17) is 14.3 Å². The third-order valence-corrected chi connectivity index (χ3v) is 5.16. The van der Waals surface area contributed by atoms with Gasteiger partial charge in [-0.1, -0.05) is 17.2 Å². The third-order valence-electron chi connectivity index (χ3n) is 4.26. The smallest absolute Gasteiger partial charge is 0.383 e. The third kappa shape index (κ3) is 2.52. The Bertz CT molecular complexity index is 1120. The highest BCUT2D eigenvalue weighted by atomic mass is 32.1. The Morgan fingerprint density at radius 3 is 2.50 bits per heavy atom. The number of hydrogen-bond donors (Lipinski definition) is 0. The van der Waals surface area contributed by atoms with Crippen LogP contribution in [0.25, 0.3) is 10.6 Å². The average molecular weight is 394 g/mol. The summed E-state index contributed by atoms with van der Waals surface area (Å²) in [5.74, 6) is -1.01. The van der Waals surface area contributed by atoms with Crippen LogP contribution in [0.2, 0.25) is 0 Å². The zero-order valence-electron chi connectivity index (χ0n) is 14.1. The minimum Gasteiger partial charge on any atom is -0.454 e. The van der Waals surface area contributed by atoms with Crippen LogP contribution in [0.5, 0.6) is 11.5 Å². The lowest BCUT2D eigenvalue weighted by molar-refractivity contribution is -0.0587. The van der Waals surface area contributed by atoms with Crippen molar-refractivity contribution in [2.24, 2.45) is 0 Å². The number of hydroxylamine groups is 2. The molecule has 8 nitrogen and oxygen atoms in total. The number of thiazole rings is 1. The van der Waals surface area contributed by atoms with Crippen LogP contribution in [0.1, 0.15) is 31.2 Å². The normalized spacial score (nSPS) is 14.4. The van der Waals surface area contributed by atoms with Gasteiger partial charge in [-0.15, -0.1) is 11.3 Å². The van der Waals surface area contributed by atoms with E-state index < -0.39 is 17.8 Å². The van der Waals surface area contributed by atoms with Crippen LogP contribution in [0.3, 0.4) is 0 Å². The molecule has 2 amide bonds. The maximum atomic E-state index is 12.4. The summed E-state index contributed by atoms with van der Waals surface area (Å²) in [5, 5.41) is 2.53. The van der Waals surface area contributed by atoms with Gasteiger partial charge in [0, 0.05) is 10.9 Å². The summed E-state index contributed by atoms with van der Waals surface area (Å²) >= 11 is 1.23. The lowest BCUT2D eigenvalue weighted by atomic mass is 10.1. The molecule has 0 bridgehead atoms. The molecule has 28 heavy (non-hydrogen) atoms. The molecule has 2 aromatic carbocycles. The van der Waals surface area contributed by atoms with Crippen molar-refractivity contribution < 1.29 is 28.7 Å². The number of amides is 2. The van der Waals surface area contributed by atoms with Gasteiger partial charge in [0.25, 0.3) is 11.8 Å². The summed E-state index contributed by atoms with van der Waals surface area (Å²) < 4.78 is 10.6. The number of fused-ring (bicyclic) bond motifs is 2. The van der Waals surface area contributed by atoms with Crippen molar-refractivity contribution in [1.29, 1.82) is 0 Å². The fourth-order valence-electron chi connectivity index (χ4n) is 2.91. The summed E-state index contributed by atoms with van der Waals surface area (Å²) in [4.78, 5) is 46.3. The number of aromatic nitrogens is 1. The van der Waals surface area contributed by atoms with Gasteiger partial charge in [-0.25, -0.2) is 9.78 Å². The van der Waals surface area contributed by atoms with E-state index in [1.54, 1.807) is 30.3 Å². The van der Waals surface area contributed by atoms with Crippen LogP contribution in [-0.4, -0.2) is 34.6 Å². The standard InChI is InChI=1S/C19H10N2O6S/c22-17-11-3-1-2-4-12(11)18(23)21(17)27-19(24)13-8-28-16(20-13)10-5-6-14-15(7-10)26-9-25-14/h1-8H,9H2. The van der Waals surface area contributed by atoms with Crippen molar-refractivity contribution in [2.75, 3.05) is 6.79 Å². The molecule has 3 heterocycles. The second kappa shape index (κ2) is 6.17. The number of hydrogen-bond acceptors (Lipinski definition) is 8. The van der Waals surface area contributed by atoms with Gasteiger partial charge in [0.1, 0.15) is 5.01 Å². The number of imide groups is 1. The molecule has 0 fully saturated rings. The van der Waals surface area contributed by atoms with Crippen LogP contribution >= 0.6 is 11.3 Å². The van der Waals surface area contributed by atoms with Gasteiger partial charge < -0.3 is 14.3 Å². The highest BCUT2D eigenvalue weighted by molar-refractivity contribution is 7.13. The van der Waals surface area contributed by atoms with E-state index in [1.165, 1.54) is 28.8 Å². The topological polar surface area (TPSA) is 95.0 Å². The molecule has 1 aromatic heterocycles. The van der Waals surface area contributed by atoms with E-state index in [1.807, 2.05) is 0 Å². The van der Waals surface area contributed by atoms with Crippen molar-refractivity contribution in [3.05, 3.63) is 64.7 Å². The number of nitrogens with zero attached hydrogens (tertiary/aromatic N) is 2. The van der Waals surface area contributed by atoms with E-state index in [0.29, 0.717) is 21.6 Å². The maximum absolute atomic E-state index is 12.4. The second-order valence-electron chi connectivity index (χ2n) is 5.93. The molecule has 2 aliphatic heterocycles. The van der Waals surface area contributed by atoms with Crippen molar-refractivity contribution >= 4 is 29.1 Å². The van der Waals surface area contributed by atoms with Crippen LogP contribution < -0.4 is 9.47 Å². The minimum atomic E-state index is -0.891. The first-order chi connectivity index (χ1) is 13.6. The summed E-state index contributed by atoms with van der Waals surface area (Å²) in [6.45, 7) is 0.161. The minimum absolute atomic E-state index is 0.00535.